The topological polar surface area (TPSA) is 118 Å². The summed E-state index contributed by atoms with van der Waals surface area (Å²) >= 11 is 1.01. The number of anilines is 1. The normalized spacial score (nSPS) is 12.5. The van der Waals surface area contributed by atoms with E-state index >= 15 is 0 Å². The Labute approximate surface area is 197 Å². The van der Waals surface area contributed by atoms with Crippen molar-refractivity contribution in [2.75, 3.05) is 12.1 Å². The predicted molar refractivity (Wildman–Crippen MR) is 130 cm³/mol. The Morgan fingerprint density at radius 3 is 2.58 bits per heavy atom. The number of allylic oxidation sites excluding steroid dienone is 3. The van der Waals surface area contributed by atoms with Crippen LogP contribution in [-0.2, 0) is 16.4 Å². The van der Waals surface area contributed by atoms with E-state index in [-0.39, 0.29) is 28.0 Å². The zero-order valence-electron chi connectivity index (χ0n) is 18.4. The minimum atomic E-state index is -4.07. The maximum absolute atomic E-state index is 13.0. The van der Waals surface area contributed by atoms with Crippen LogP contribution in [0.3, 0.4) is 0 Å². The minimum Gasteiger partial charge on any atom is -0.454 e. The van der Waals surface area contributed by atoms with Crippen LogP contribution in [0.2, 0.25) is 0 Å². The van der Waals surface area contributed by atoms with Crippen LogP contribution in [0.5, 0.6) is 11.5 Å². The molecule has 1 amide bonds. The third-order valence-corrected chi connectivity index (χ3v) is 7.37. The molecule has 0 aliphatic carbocycles. The van der Waals surface area contributed by atoms with E-state index in [0.29, 0.717) is 35.6 Å². The molecule has 0 spiro atoms. The molecule has 0 unspecified atom stereocenters. The molecule has 2 heterocycles. The van der Waals surface area contributed by atoms with Gasteiger partial charge < -0.3 is 20.2 Å². The van der Waals surface area contributed by atoms with E-state index in [0.717, 1.165) is 16.9 Å². The fourth-order valence-electron chi connectivity index (χ4n) is 3.00. The van der Waals surface area contributed by atoms with Crippen molar-refractivity contribution in [3.8, 4) is 11.5 Å². The lowest BCUT2D eigenvalue weighted by Gasteiger charge is -2.12. The van der Waals surface area contributed by atoms with Gasteiger partial charge in [-0.25, -0.2) is 8.42 Å². The molecule has 1 aromatic carbocycles. The monoisotopic (exact) mass is 487 g/mol. The van der Waals surface area contributed by atoms with Crippen molar-refractivity contribution in [1.29, 1.82) is 5.41 Å². The highest BCUT2D eigenvalue weighted by molar-refractivity contribution is 7.89. The summed E-state index contributed by atoms with van der Waals surface area (Å²) in [5.41, 5.74) is 2.22. The van der Waals surface area contributed by atoms with Gasteiger partial charge in [-0.2, -0.15) is 0 Å². The Morgan fingerprint density at radius 1 is 1.21 bits per heavy atom. The lowest BCUT2D eigenvalue weighted by atomic mass is 10.1. The van der Waals surface area contributed by atoms with Crippen molar-refractivity contribution in [1.82, 2.24) is 4.72 Å². The molecule has 1 aliphatic heterocycles. The second-order valence-corrected chi connectivity index (χ2v) is 9.69. The maximum Gasteiger partial charge on any atom is 0.267 e. The van der Waals surface area contributed by atoms with Crippen LogP contribution >= 0.6 is 11.3 Å². The van der Waals surface area contributed by atoms with Gasteiger partial charge in [0.15, 0.2) is 11.5 Å². The molecule has 0 atom stereocenters. The van der Waals surface area contributed by atoms with E-state index in [9.17, 15) is 13.2 Å². The van der Waals surface area contributed by atoms with Crippen molar-refractivity contribution in [3.05, 3.63) is 70.6 Å². The summed E-state index contributed by atoms with van der Waals surface area (Å²) in [6, 6.07) is 4.83. The first kappa shape index (κ1) is 24.3. The molecule has 1 aromatic heterocycles. The molecular formula is C23H25N3O5S2. The largest absolute Gasteiger partial charge is 0.454 e. The molecule has 3 N–H and O–H groups in total. The molecule has 8 nitrogen and oxygen atoms in total. The van der Waals surface area contributed by atoms with Crippen LogP contribution in [0.15, 0.2) is 65.1 Å². The number of thiophene rings is 1. The van der Waals surface area contributed by atoms with Crippen molar-refractivity contribution < 1.29 is 22.7 Å². The van der Waals surface area contributed by atoms with E-state index < -0.39 is 15.9 Å². The summed E-state index contributed by atoms with van der Waals surface area (Å²) in [5.74, 6) is 0.569. The van der Waals surface area contributed by atoms with E-state index in [4.69, 9.17) is 14.9 Å². The van der Waals surface area contributed by atoms with Crippen molar-refractivity contribution in [3.63, 3.8) is 0 Å². The molecule has 174 valence electrons. The first-order valence-corrected chi connectivity index (χ1v) is 12.5. The van der Waals surface area contributed by atoms with Gasteiger partial charge in [0, 0.05) is 17.5 Å². The summed E-state index contributed by atoms with van der Waals surface area (Å²) in [6.07, 6.45) is 4.05. The first-order valence-electron chi connectivity index (χ1n) is 10.1. The Hall–Kier alpha value is -3.37. The van der Waals surface area contributed by atoms with Gasteiger partial charge in [-0.1, -0.05) is 27.0 Å². The maximum atomic E-state index is 13.0. The van der Waals surface area contributed by atoms with E-state index in [1.165, 1.54) is 23.6 Å². The number of carbonyl (C=O) groups excluding carboxylic acids is 1. The standard InChI is InChI=1S/C23H25N3O5S2/c1-5-14(3)17(24)8-7-15(4)26-33(28,29)21-9-10-32-22(21)23(27)25-18-12-20-19(30-13-31-20)11-16(18)6-2/h7-12,24,26H,3-6,13H2,1-2H3,(H,25,27)/b8-7-,24-17?. The van der Waals surface area contributed by atoms with Gasteiger partial charge in [-0.15, -0.1) is 11.3 Å². The van der Waals surface area contributed by atoms with Crippen molar-refractivity contribution in [2.24, 2.45) is 0 Å². The first-order chi connectivity index (χ1) is 15.7. The number of ether oxygens (including phenoxy) is 2. The number of hydrogen-bond donors (Lipinski definition) is 3. The minimum absolute atomic E-state index is 0.0334. The quantitative estimate of drug-likeness (QED) is 0.334. The predicted octanol–water partition coefficient (Wildman–Crippen LogP) is 4.63. The fourth-order valence-corrected chi connectivity index (χ4v) is 5.35. The summed E-state index contributed by atoms with van der Waals surface area (Å²) in [6.45, 7) is 11.4. The van der Waals surface area contributed by atoms with Crippen LogP contribution in [0.1, 0.15) is 35.5 Å². The number of sulfonamides is 1. The van der Waals surface area contributed by atoms with Gasteiger partial charge in [0.1, 0.15) is 9.77 Å². The molecule has 1 aliphatic rings. The van der Waals surface area contributed by atoms with Gasteiger partial charge in [-0.3, -0.25) is 9.52 Å². The molecular weight excluding hydrogens is 462 g/mol. The summed E-state index contributed by atoms with van der Waals surface area (Å²) in [7, 11) is -4.07. The molecule has 33 heavy (non-hydrogen) atoms. The van der Waals surface area contributed by atoms with Gasteiger partial charge >= 0.3 is 0 Å². The van der Waals surface area contributed by atoms with Crippen LogP contribution in [-0.4, -0.2) is 26.8 Å². The highest BCUT2D eigenvalue weighted by Gasteiger charge is 2.25. The molecule has 2 aromatic rings. The zero-order chi connectivity index (χ0) is 24.2. The second-order valence-electron chi connectivity index (χ2n) is 7.12. The zero-order valence-corrected chi connectivity index (χ0v) is 20.0. The van der Waals surface area contributed by atoms with Crippen LogP contribution in [0.4, 0.5) is 5.69 Å². The Bertz CT molecular complexity index is 1260. The number of hydrogen-bond acceptors (Lipinski definition) is 7. The second kappa shape index (κ2) is 10.1. The summed E-state index contributed by atoms with van der Waals surface area (Å²) in [4.78, 5) is 12.9. The Morgan fingerprint density at radius 2 is 1.91 bits per heavy atom. The fraction of sp³-hybridized carbons (Fsp3) is 0.217. The van der Waals surface area contributed by atoms with E-state index in [1.54, 1.807) is 12.1 Å². The molecule has 0 radical (unpaired) electrons. The smallest absolute Gasteiger partial charge is 0.267 e. The Kier molecular flexibility index (Phi) is 7.39. The number of rotatable bonds is 10. The Balaban J connectivity index is 1.78. The molecule has 0 bridgehead atoms. The highest BCUT2D eigenvalue weighted by atomic mass is 32.2. The number of carbonyl (C=O) groups is 1. The van der Waals surface area contributed by atoms with Gasteiger partial charge in [0.2, 0.25) is 6.79 Å². The van der Waals surface area contributed by atoms with Gasteiger partial charge in [-0.05, 0) is 53.6 Å². The van der Waals surface area contributed by atoms with Crippen molar-refractivity contribution in [2.45, 2.75) is 31.6 Å². The third-order valence-electron chi connectivity index (χ3n) is 4.88. The van der Waals surface area contributed by atoms with Crippen molar-refractivity contribution >= 4 is 38.7 Å². The number of fused-ring (bicyclic) bond motifs is 1. The lowest BCUT2D eigenvalue weighted by molar-refractivity contribution is 0.102. The number of nitrogens with one attached hydrogen (secondary N) is 3. The summed E-state index contributed by atoms with van der Waals surface area (Å²) < 4.78 is 38.9. The lowest BCUT2D eigenvalue weighted by Crippen LogP contribution is -2.24. The summed E-state index contributed by atoms with van der Waals surface area (Å²) in [5, 5.41) is 12.2. The molecule has 3 rings (SSSR count). The van der Waals surface area contributed by atoms with Crippen LogP contribution < -0.4 is 19.5 Å². The van der Waals surface area contributed by atoms with Gasteiger partial charge in [0.25, 0.3) is 15.9 Å². The van der Waals surface area contributed by atoms with E-state index in [2.05, 4.69) is 23.2 Å². The van der Waals surface area contributed by atoms with Gasteiger partial charge in [0.05, 0.1) is 5.71 Å². The molecule has 0 saturated heterocycles. The molecule has 0 fully saturated rings. The van der Waals surface area contributed by atoms with Crippen LogP contribution in [0.25, 0.3) is 0 Å². The average molecular weight is 488 g/mol. The van der Waals surface area contributed by atoms with E-state index in [1.807, 2.05) is 13.8 Å². The SMILES string of the molecule is C=C(/C=C\C(=N)C(=C)CC)NS(=O)(=O)c1ccsc1C(=O)Nc1cc2c(cc1CC)OCO2. The molecule has 0 saturated carbocycles. The number of aryl methyl sites for hydroxylation is 1. The number of benzene rings is 1. The number of amides is 1. The molecule has 10 heteroatoms. The van der Waals surface area contributed by atoms with Crippen LogP contribution in [0, 0.1) is 5.41 Å². The highest BCUT2D eigenvalue weighted by Crippen LogP contribution is 2.37. The third kappa shape index (κ3) is 5.52. The average Bonchev–Trinajstić information content (AvgIpc) is 3.45.